The molecule has 0 aliphatic carbocycles. The molecule has 3 N–H and O–H groups in total. The number of H-pyrrole nitrogens is 1. The number of fused-ring (bicyclic) bond motifs is 4. The lowest BCUT2D eigenvalue weighted by molar-refractivity contribution is -0.133. The number of aromatic amines is 1. The Morgan fingerprint density at radius 2 is 2.06 bits per heavy atom. The Labute approximate surface area is 209 Å². The van der Waals surface area contributed by atoms with Crippen LogP contribution in [0.1, 0.15) is 50.1 Å². The van der Waals surface area contributed by atoms with Crippen molar-refractivity contribution in [3.05, 3.63) is 59.0 Å². The van der Waals surface area contributed by atoms with Gasteiger partial charge in [0.2, 0.25) is 0 Å². The van der Waals surface area contributed by atoms with E-state index in [1.54, 1.807) is 48.2 Å². The van der Waals surface area contributed by atoms with Crippen molar-refractivity contribution in [3.63, 3.8) is 0 Å². The highest BCUT2D eigenvalue weighted by Gasteiger charge is 2.60. The SMILES string of the molecule is COc1ccc2[nH]c3c(c2c1F)CC1(C)C(=O)N(CCCNC(C)C)C(=O)N1C3c1cccc(O)c1. The molecule has 2 aliphatic heterocycles. The minimum atomic E-state index is -1.21. The number of carbonyl (C=O) groups is 2. The minimum absolute atomic E-state index is 0.0416. The van der Waals surface area contributed by atoms with Crippen LogP contribution in [0.3, 0.4) is 0 Å². The number of aromatic hydroxyl groups is 1. The zero-order chi connectivity index (χ0) is 25.8. The van der Waals surface area contributed by atoms with Gasteiger partial charge in [0.15, 0.2) is 11.6 Å². The number of amides is 3. The van der Waals surface area contributed by atoms with Crippen LogP contribution < -0.4 is 10.1 Å². The Morgan fingerprint density at radius 1 is 1.28 bits per heavy atom. The average molecular weight is 495 g/mol. The second-order valence-electron chi connectivity index (χ2n) is 10.0. The number of hydrogen-bond donors (Lipinski definition) is 3. The van der Waals surface area contributed by atoms with Gasteiger partial charge in [-0.1, -0.05) is 26.0 Å². The molecule has 0 spiro atoms. The third kappa shape index (κ3) is 3.61. The summed E-state index contributed by atoms with van der Waals surface area (Å²) < 4.78 is 20.7. The number of ether oxygens (including phenoxy) is 1. The fraction of sp³-hybridized carbons (Fsp3) is 0.407. The summed E-state index contributed by atoms with van der Waals surface area (Å²) in [6.07, 6.45) is 0.781. The van der Waals surface area contributed by atoms with Crippen molar-refractivity contribution < 1.29 is 23.8 Å². The number of benzene rings is 2. The molecule has 36 heavy (non-hydrogen) atoms. The van der Waals surface area contributed by atoms with Crippen molar-refractivity contribution in [1.29, 1.82) is 0 Å². The molecule has 2 aliphatic rings. The Morgan fingerprint density at radius 3 is 2.75 bits per heavy atom. The largest absolute Gasteiger partial charge is 0.508 e. The molecule has 0 radical (unpaired) electrons. The smallest absolute Gasteiger partial charge is 0.328 e. The fourth-order valence-corrected chi connectivity index (χ4v) is 5.57. The lowest BCUT2D eigenvalue weighted by atomic mass is 9.81. The minimum Gasteiger partial charge on any atom is -0.508 e. The van der Waals surface area contributed by atoms with Crippen LogP contribution in [0.4, 0.5) is 9.18 Å². The highest BCUT2D eigenvalue weighted by Crippen LogP contribution is 2.49. The summed E-state index contributed by atoms with van der Waals surface area (Å²) in [5.41, 5.74) is 1.24. The van der Waals surface area contributed by atoms with Gasteiger partial charge in [0.25, 0.3) is 5.91 Å². The maximum absolute atomic E-state index is 15.5. The van der Waals surface area contributed by atoms with Crippen molar-refractivity contribution in [2.45, 2.75) is 51.2 Å². The van der Waals surface area contributed by atoms with Gasteiger partial charge in [-0.25, -0.2) is 9.18 Å². The number of phenolic OH excluding ortho intramolecular Hbond substituents is 1. The topological polar surface area (TPSA) is 97.9 Å². The number of urea groups is 1. The van der Waals surface area contributed by atoms with Gasteiger partial charge in [-0.2, -0.15) is 0 Å². The molecule has 190 valence electrons. The second-order valence-corrected chi connectivity index (χ2v) is 10.0. The van der Waals surface area contributed by atoms with E-state index in [-0.39, 0.29) is 36.4 Å². The Bertz CT molecular complexity index is 1350. The van der Waals surface area contributed by atoms with E-state index in [0.29, 0.717) is 46.7 Å². The zero-order valence-electron chi connectivity index (χ0n) is 20.9. The zero-order valence-corrected chi connectivity index (χ0v) is 20.9. The van der Waals surface area contributed by atoms with E-state index >= 15 is 4.39 Å². The van der Waals surface area contributed by atoms with Gasteiger partial charge < -0.3 is 20.1 Å². The molecular weight excluding hydrogens is 463 g/mol. The first-order chi connectivity index (χ1) is 17.2. The highest BCUT2D eigenvalue weighted by molar-refractivity contribution is 6.08. The maximum atomic E-state index is 15.5. The first-order valence-electron chi connectivity index (χ1n) is 12.2. The van der Waals surface area contributed by atoms with E-state index in [2.05, 4.69) is 10.3 Å². The number of hydrogen-bond acceptors (Lipinski definition) is 5. The number of carbonyl (C=O) groups excluding carboxylic acids is 2. The summed E-state index contributed by atoms with van der Waals surface area (Å²) >= 11 is 0. The summed E-state index contributed by atoms with van der Waals surface area (Å²) in [5.74, 6) is -0.656. The van der Waals surface area contributed by atoms with Crippen LogP contribution >= 0.6 is 0 Å². The van der Waals surface area contributed by atoms with Crippen molar-refractivity contribution in [3.8, 4) is 11.5 Å². The van der Waals surface area contributed by atoms with E-state index < -0.39 is 17.4 Å². The summed E-state index contributed by atoms with van der Waals surface area (Å²) in [6, 6.07) is 9.12. The Balaban J connectivity index is 1.65. The maximum Gasteiger partial charge on any atom is 0.328 e. The van der Waals surface area contributed by atoms with Gasteiger partial charge in [-0.3, -0.25) is 14.6 Å². The first kappa shape index (κ1) is 24.1. The third-order valence-electron chi connectivity index (χ3n) is 7.25. The molecule has 2 aromatic carbocycles. The standard InChI is InChI=1S/C27H31FN4O4/c1-15(2)29-11-6-12-31-25(34)27(3)14-18-21-19(9-10-20(36-4)22(21)28)30-23(18)24(32(27)26(31)35)16-7-5-8-17(33)13-16/h5,7-10,13,15,24,29-30,33H,6,11-12,14H2,1-4H3. The molecule has 3 aromatic rings. The van der Waals surface area contributed by atoms with Gasteiger partial charge in [-0.15, -0.1) is 0 Å². The van der Waals surface area contributed by atoms with Gasteiger partial charge in [0.05, 0.1) is 7.11 Å². The number of rotatable bonds is 7. The number of halogens is 1. The summed E-state index contributed by atoms with van der Waals surface area (Å²) in [6.45, 7) is 6.79. The predicted molar refractivity (Wildman–Crippen MR) is 134 cm³/mol. The van der Waals surface area contributed by atoms with Crippen molar-refractivity contribution >= 4 is 22.8 Å². The van der Waals surface area contributed by atoms with E-state index in [0.717, 1.165) is 0 Å². The average Bonchev–Trinajstić information content (AvgIpc) is 3.28. The van der Waals surface area contributed by atoms with Gasteiger partial charge >= 0.3 is 6.03 Å². The van der Waals surface area contributed by atoms with Gasteiger partial charge in [0.1, 0.15) is 17.3 Å². The molecule has 2 unspecified atom stereocenters. The van der Waals surface area contributed by atoms with E-state index in [9.17, 15) is 14.7 Å². The molecule has 3 amide bonds. The third-order valence-corrected chi connectivity index (χ3v) is 7.25. The molecule has 8 nitrogen and oxygen atoms in total. The summed E-state index contributed by atoms with van der Waals surface area (Å²) in [7, 11) is 1.41. The number of aromatic nitrogens is 1. The normalized spacial score (nSPS) is 21.4. The molecule has 2 atom stereocenters. The molecular formula is C27H31FN4O4. The van der Waals surface area contributed by atoms with Crippen LogP contribution in [-0.2, 0) is 11.2 Å². The molecule has 3 heterocycles. The number of nitrogens with one attached hydrogen (secondary N) is 2. The van der Waals surface area contributed by atoms with Crippen LogP contribution in [0.25, 0.3) is 10.9 Å². The number of imide groups is 1. The van der Waals surface area contributed by atoms with Gasteiger partial charge in [-0.05, 0) is 55.3 Å². The van der Waals surface area contributed by atoms with Crippen molar-refractivity contribution in [2.75, 3.05) is 20.2 Å². The van der Waals surface area contributed by atoms with E-state index in [4.69, 9.17) is 4.74 Å². The Kier molecular flexibility index (Phi) is 5.90. The van der Waals surface area contributed by atoms with E-state index in [1.807, 2.05) is 13.8 Å². The lowest BCUT2D eigenvalue weighted by Crippen LogP contribution is -2.53. The van der Waals surface area contributed by atoms with E-state index in [1.165, 1.54) is 12.0 Å². The van der Waals surface area contributed by atoms with Crippen LogP contribution in [0, 0.1) is 5.82 Å². The Hall–Kier alpha value is -3.59. The molecule has 1 fully saturated rings. The number of methoxy groups -OCH3 is 1. The van der Waals surface area contributed by atoms with Crippen LogP contribution in [0.2, 0.25) is 0 Å². The first-order valence-corrected chi connectivity index (χ1v) is 12.2. The van der Waals surface area contributed by atoms with Gasteiger partial charge in [0, 0.05) is 35.6 Å². The molecule has 5 rings (SSSR count). The van der Waals surface area contributed by atoms with Crippen molar-refractivity contribution in [1.82, 2.24) is 20.1 Å². The predicted octanol–water partition coefficient (Wildman–Crippen LogP) is 4.08. The monoisotopic (exact) mass is 494 g/mol. The van der Waals surface area contributed by atoms with Crippen molar-refractivity contribution in [2.24, 2.45) is 0 Å². The molecule has 1 aromatic heterocycles. The molecule has 1 saturated heterocycles. The second kappa shape index (κ2) is 8.81. The quantitative estimate of drug-likeness (QED) is 0.340. The molecule has 9 heteroatoms. The molecule has 0 bridgehead atoms. The summed E-state index contributed by atoms with van der Waals surface area (Å²) in [5, 5.41) is 13.9. The van der Waals surface area contributed by atoms with Crippen LogP contribution in [0.5, 0.6) is 11.5 Å². The van der Waals surface area contributed by atoms with Crippen LogP contribution in [0.15, 0.2) is 36.4 Å². The molecule has 0 saturated carbocycles. The van der Waals surface area contributed by atoms with Crippen LogP contribution in [-0.4, -0.2) is 63.6 Å². The highest BCUT2D eigenvalue weighted by atomic mass is 19.1. The fourth-order valence-electron chi connectivity index (χ4n) is 5.57. The lowest BCUT2D eigenvalue weighted by Gasteiger charge is -2.42. The number of phenols is 1. The number of nitrogens with zero attached hydrogens (tertiary/aromatic N) is 2. The summed E-state index contributed by atoms with van der Waals surface area (Å²) in [4.78, 5) is 33.8.